The first-order valence-electron chi connectivity index (χ1n) is 10.1. The third kappa shape index (κ3) is 5.27. The van der Waals surface area contributed by atoms with E-state index in [0.29, 0.717) is 22.3 Å². The largest absolute Gasteiger partial charge is 0.504 e. The summed E-state index contributed by atoms with van der Waals surface area (Å²) in [4.78, 5) is 20.7. The maximum Gasteiger partial charge on any atom is 0.196 e. The van der Waals surface area contributed by atoms with E-state index in [1.807, 2.05) is 47.0 Å². The number of aliphatic imine (C=N–C) groups is 1. The van der Waals surface area contributed by atoms with Crippen LogP contribution in [0.4, 0.5) is 0 Å². The van der Waals surface area contributed by atoms with E-state index in [2.05, 4.69) is 20.2 Å². The van der Waals surface area contributed by atoms with E-state index in [-0.39, 0.29) is 23.8 Å². The number of rotatable bonds is 9. The van der Waals surface area contributed by atoms with Crippen molar-refractivity contribution in [1.29, 1.82) is 0 Å². The number of benzene rings is 2. The van der Waals surface area contributed by atoms with Crippen molar-refractivity contribution in [2.45, 2.75) is 5.16 Å². The molecule has 0 unspecified atom stereocenters. The fraction of sp³-hybridized carbons (Fsp3) is 0.125. The molecule has 0 bridgehead atoms. The van der Waals surface area contributed by atoms with Crippen LogP contribution in [0.1, 0.15) is 5.56 Å². The molecule has 4 aromatic rings. The molecule has 2 heterocycles. The van der Waals surface area contributed by atoms with Crippen LogP contribution in [-0.4, -0.2) is 56.3 Å². The number of pyridine rings is 1. The zero-order valence-electron chi connectivity index (χ0n) is 17.8. The van der Waals surface area contributed by atoms with Crippen LogP contribution in [0, 0.1) is 0 Å². The molecule has 166 valence electrons. The van der Waals surface area contributed by atoms with Crippen LogP contribution in [0.15, 0.2) is 83.2 Å². The van der Waals surface area contributed by atoms with Crippen LogP contribution in [0.5, 0.6) is 11.5 Å². The highest BCUT2D eigenvalue weighted by Gasteiger charge is 2.17. The van der Waals surface area contributed by atoms with Gasteiger partial charge >= 0.3 is 0 Å². The van der Waals surface area contributed by atoms with Crippen LogP contribution in [0.3, 0.4) is 0 Å². The molecule has 0 aliphatic heterocycles. The summed E-state index contributed by atoms with van der Waals surface area (Å²) in [6, 6.07) is 18.6. The van der Waals surface area contributed by atoms with E-state index in [1.165, 1.54) is 25.1 Å². The molecule has 33 heavy (non-hydrogen) atoms. The number of ether oxygens (including phenoxy) is 1. The first-order valence-corrected chi connectivity index (χ1v) is 11.1. The third-order valence-electron chi connectivity index (χ3n) is 4.70. The first-order chi connectivity index (χ1) is 16.2. The molecule has 0 saturated heterocycles. The zero-order chi connectivity index (χ0) is 23.0. The van der Waals surface area contributed by atoms with Crippen molar-refractivity contribution in [3.05, 3.63) is 78.6 Å². The number of para-hydroxylation sites is 2. The Kier molecular flexibility index (Phi) is 7.11. The van der Waals surface area contributed by atoms with Gasteiger partial charge in [-0.05, 0) is 36.4 Å². The smallest absolute Gasteiger partial charge is 0.196 e. The van der Waals surface area contributed by atoms with Crippen LogP contribution in [0.2, 0.25) is 0 Å². The van der Waals surface area contributed by atoms with Gasteiger partial charge in [-0.1, -0.05) is 36.0 Å². The summed E-state index contributed by atoms with van der Waals surface area (Å²) >= 11 is 1.30. The number of thioether (sulfide) groups is 1. The summed E-state index contributed by atoms with van der Waals surface area (Å²) in [5.41, 5.74) is 2.26. The molecule has 0 aliphatic carbocycles. The molecular formula is C24H21N5O3S. The predicted molar refractivity (Wildman–Crippen MR) is 127 cm³/mol. The molecule has 8 nitrogen and oxygen atoms in total. The Morgan fingerprint density at radius 2 is 1.88 bits per heavy atom. The third-order valence-corrected chi connectivity index (χ3v) is 5.69. The number of Topliss-reactive ketones (excluding diaryl/α,β-unsaturated/α-hetero) is 1. The van der Waals surface area contributed by atoms with E-state index >= 15 is 0 Å². The Hall–Kier alpha value is -3.98. The standard InChI is InChI=1S/C24H21N5O3S/c1-32-21-9-5-6-18(22(21)31)14-26-15-20(30)16-33-24-28-27-23(17-10-12-25-13-11-17)29(24)19-7-3-2-4-8-19/h2-14,31H,15-16H2,1H3. The van der Waals surface area contributed by atoms with Gasteiger partial charge in [-0.25, -0.2) is 0 Å². The quantitative estimate of drug-likeness (QED) is 0.300. The van der Waals surface area contributed by atoms with Crippen molar-refractivity contribution in [2.24, 2.45) is 4.99 Å². The average Bonchev–Trinajstić information content (AvgIpc) is 3.29. The fourth-order valence-electron chi connectivity index (χ4n) is 3.11. The zero-order valence-corrected chi connectivity index (χ0v) is 18.6. The number of carbonyl (C=O) groups is 1. The van der Waals surface area contributed by atoms with Crippen molar-refractivity contribution in [3.8, 4) is 28.6 Å². The van der Waals surface area contributed by atoms with Crippen molar-refractivity contribution in [1.82, 2.24) is 19.7 Å². The molecule has 0 saturated carbocycles. The van der Waals surface area contributed by atoms with E-state index < -0.39 is 0 Å². The van der Waals surface area contributed by atoms with Crippen LogP contribution < -0.4 is 4.74 Å². The normalized spacial score (nSPS) is 11.1. The van der Waals surface area contributed by atoms with Gasteiger partial charge in [0.05, 0.1) is 19.4 Å². The highest BCUT2D eigenvalue weighted by atomic mass is 32.2. The number of aromatic hydroxyl groups is 1. The number of methoxy groups -OCH3 is 1. The average molecular weight is 460 g/mol. The Morgan fingerprint density at radius 1 is 1.09 bits per heavy atom. The maximum atomic E-state index is 12.5. The van der Waals surface area contributed by atoms with Crippen molar-refractivity contribution in [2.75, 3.05) is 19.4 Å². The molecule has 0 radical (unpaired) electrons. The van der Waals surface area contributed by atoms with Crippen LogP contribution in [-0.2, 0) is 4.79 Å². The van der Waals surface area contributed by atoms with Crippen LogP contribution >= 0.6 is 11.8 Å². The summed E-state index contributed by atoms with van der Waals surface area (Å²) in [7, 11) is 1.48. The summed E-state index contributed by atoms with van der Waals surface area (Å²) < 4.78 is 7.00. The second kappa shape index (κ2) is 10.6. The minimum absolute atomic E-state index is 0.00909. The van der Waals surface area contributed by atoms with E-state index in [1.54, 1.807) is 30.6 Å². The van der Waals surface area contributed by atoms with Gasteiger partial charge in [0.1, 0.15) is 0 Å². The minimum atomic E-state index is -0.0771. The number of aromatic nitrogens is 4. The second-order valence-electron chi connectivity index (χ2n) is 6.91. The number of hydrogen-bond acceptors (Lipinski definition) is 8. The minimum Gasteiger partial charge on any atom is -0.504 e. The number of nitrogens with zero attached hydrogens (tertiary/aromatic N) is 5. The monoisotopic (exact) mass is 459 g/mol. The highest BCUT2D eigenvalue weighted by molar-refractivity contribution is 7.99. The Morgan fingerprint density at radius 3 is 2.64 bits per heavy atom. The highest BCUT2D eigenvalue weighted by Crippen LogP contribution is 2.29. The first kappa shape index (κ1) is 22.2. The summed E-state index contributed by atoms with van der Waals surface area (Å²) in [6.07, 6.45) is 4.87. The number of phenols is 1. The molecule has 4 rings (SSSR count). The van der Waals surface area contributed by atoms with E-state index in [9.17, 15) is 9.90 Å². The SMILES string of the molecule is COc1cccc(C=NCC(=O)CSc2nnc(-c3ccncc3)n2-c2ccccc2)c1O. The molecule has 0 amide bonds. The van der Waals surface area contributed by atoms with Gasteiger partial charge in [0.2, 0.25) is 0 Å². The number of phenolic OH excluding ortho intramolecular Hbond substituents is 1. The molecule has 0 fully saturated rings. The fourth-order valence-corrected chi connectivity index (χ4v) is 3.91. The van der Waals surface area contributed by atoms with Gasteiger partial charge in [-0.15, -0.1) is 10.2 Å². The molecule has 0 spiro atoms. The Bertz CT molecular complexity index is 1260. The van der Waals surface area contributed by atoms with Gasteiger partial charge < -0.3 is 9.84 Å². The summed E-state index contributed by atoms with van der Waals surface area (Å²) in [5, 5.41) is 19.4. The molecule has 1 N–H and O–H groups in total. The molecule has 9 heteroatoms. The lowest BCUT2D eigenvalue weighted by Crippen LogP contribution is -2.07. The molecule has 2 aromatic carbocycles. The number of hydrogen-bond donors (Lipinski definition) is 1. The van der Waals surface area contributed by atoms with Crippen molar-refractivity contribution >= 4 is 23.8 Å². The molecule has 0 aliphatic rings. The van der Waals surface area contributed by atoms with Gasteiger partial charge in [0, 0.05) is 35.4 Å². The number of ketones is 1. The number of carbonyl (C=O) groups excluding carboxylic acids is 1. The summed E-state index contributed by atoms with van der Waals surface area (Å²) in [6.45, 7) is -0.0136. The maximum absolute atomic E-state index is 12.5. The lowest BCUT2D eigenvalue weighted by atomic mass is 10.2. The lowest BCUT2D eigenvalue weighted by molar-refractivity contribution is -0.115. The Balaban J connectivity index is 1.47. The summed E-state index contributed by atoms with van der Waals surface area (Å²) in [5.74, 6) is 1.12. The lowest BCUT2D eigenvalue weighted by Gasteiger charge is -2.09. The van der Waals surface area contributed by atoms with E-state index in [4.69, 9.17) is 4.74 Å². The van der Waals surface area contributed by atoms with Gasteiger partial charge in [-0.2, -0.15) is 0 Å². The molecule has 2 aromatic heterocycles. The van der Waals surface area contributed by atoms with Crippen LogP contribution in [0.25, 0.3) is 17.1 Å². The van der Waals surface area contributed by atoms with Gasteiger partial charge in [0.25, 0.3) is 0 Å². The Labute approximate surface area is 195 Å². The predicted octanol–water partition coefficient (Wildman–Crippen LogP) is 3.82. The molecule has 0 atom stereocenters. The van der Waals surface area contributed by atoms with E-state index in [0.717, 1.165) is 11.3 Å². The second-order valence-corrected chi connectivity index (χ2v) is 7.85. The van der Waals surface area contributed by atoms with Gasteiger partial charge in [0.15, 0.2) is 28.3 Å². The molecular weight excluding hydrogens is 438 g/mol. The van der Waals surface area contributed by atoms with Gasteiger partial charge in [-0.3, -0.25) is 19.3 Å². The topological polar surface area (TPSA) is 102 Å². The van der Waals surface area contributed by atoms with Crippen molar-refractivity contribution in [3.63, 3.8) is 0 Å². The van der Waals surface area contributed by atoms with Crippen molar-refractivity contribution < 1.29 is 14.6 Å².